The molecule has 0 bridgehead atoms. The molecule has 1 aliphatic heterocycles. The lowest BCUT2D eigenvalue weighted by atomic mass is 10.0. The van der Waals surface area contributed by atoms with Crippen molar-refractivity contribution in [3.05, 3.63) is 61.0 Å². The molecule has 11 heteroatoms. The third-order valence-electron chi connectivity index (χ3n) is 5.02. The van der Waals surface area contributed by atoms with Gasteiger partial charge in [-0.05, 0) is 18.1 Å². The van der Waals surface area contributed by atoms with E-state index in [1.54, 1.807) is 32.0 Å². The highest BCUT2D eigenvalue weighted by Crippen LogP contribution is 2.45. The van der Waals surface area contributed by atoms with Crippen LogP contribution in [0.1, 0.15) is 44.9 Å². The Bertz CT molecular complexity index is 1130. The van der Waals surface area contributed by atoms with Gasteiger partial charge in [-0.2, -0.15) is 0 Å². The van der Waals surface area contributed by atoms with E-state index >= 15 is 0 Å². The maximum atomic E-state index is 13.1. The molecule has 0 saturated carbocycles. The first-order valence-electron chi connectivity index (χ1n) is 9.58. The van der Waals surface area contributed by atoms with Crippen molar-refractivity contribution in [3.8, 4) is 5.75 Å². The third-order valence-corrected chi connectivity index (χ3v) is 6.82. The number of carbonyl (C=O) groups is 4. The van der Waals surface area contributed by atoms with Crippen LogP contribution in [-0.4, -0.2) is 48.2 Å². The predicted molar refractivity (Wildman–Crippen MR) is 124 cm³/mol. The zero-order valence-electron chi connectivity index (χ0n) is 17.6. The fourth-order valence-electron chi connectivity index (χ4n) is 3.40. The van der Waals surface area contributed by atoms with Crippen molar-refractivity contribution >= 4 is 70.0 Å². The summed E-state index contributed by atoms with van der Waals surface area (Å²) in [5.74, 6) is -3.26. The number of hydrogen-bond donors (Lipinski definition) is 0. The molecule has 0 N–H and O–H groups in total. The second-order valence-electron chi connectivity index (χ2n) is 7.44. The highest BCUT2D eigenvalue weighted by atomic mass is 35.5. The van der Waals surface area contributed by atoms with Crippen LogP contribution in [0.5, 0.6) is 5.75 Å². The first kappa shape index (κ1) is 25.3. The van der Waals surface area contributed by atoms with Gasteiger partial charge in [0.05, 0.1) is 38.3 Å². The van der Waals surface area contributed by atoms with Crippen molar-refractivity contribution in [1.82, 2.24) is 4.90 Å². The number of esters is 1. The van der Waals surface area contributed by atoms with Gasteiger partial charge < -0.3 is 9.47 Å². The molecule has 2 aromatic carbocycles. The Morgan fingerprint density at radius 2 is 1.48 bits per heavy atom. The van der Waals surface area contributed by atoms with Crippen molar-refractivity contribution < 1.29 is 28.7 Å². The molecule has 0 fully saturated rings. The first-order chi connectivity index (χ1) is 15.5. The number of amides is 2. The summed E-state index contributed by atoms with van der Waals surface area (Å²) in [7, 11) is 1.46. The number of benzene rings is 2. The summed E-state index contributed by atoms with van der Waals surface area (Å²) in [6, 6.07) is 4.97. The topological polar surface area (TPSA) is 90.0 Å². The van der Waals surface area contributed by atoms with E-state index in [1.807, 2.05) is 0 Å². The van der Waals surface area contributed by atoms with Gasteiger partial charge in [-0.15, -0.1) is 0 Å². The molecule has 33 heavy (non-hydrogen) atoms. The van der Waals surface area contributed by atoms with Gasteiger partial charge >= 0.3 is 5.97 Å². The average molecular weight is 533 g/mol. The molecule has 7 nitrogen and oxygen atoms in total. The number of carbonyl (C=O) groups excluding carboxylic acids is 4. The Balaban J connectivity index is 1.87. The molecule has 0 aliphatic carbocycles. The van der Waals surface area contributed by atoms with Crippen LogP contribution >= 0.6 is 46.4 Å². The first-order valence-corrected chi connectivity index (χ1v) is 11.1. The van der Waals surface area contributed by atoms with Gasteiger partial charge in [0.1, 0.15) is 11.8 Å². The van der Waals surface area contributed by atoms with Gasteiger partial charge in [0.25, 0.3) is 11.8 Å². The molecule has 1 aliphatic rings. The van der Waals surface area contributed by atoms with Crippen molar-refractivity contribution in [2.24, 2.45) is 5.92 Å². The van der Waals surface area contributed by atoms with Crippen LogP contribution in [0, 0.1) is 5.92 Å². The fraction of sp³-hybridized carbons (Fsp3) is 0.273. The van der Waals surface area contributed by atoms with Crippen LogP contribution in [-0.2, 0) is 9.53 Å². The molecular formula is C22H17Cl4NO6. The number of ether oxygens (including phenoxy) is 2. The van der Waals surface area contributed by atoms with Gasteiger partial charge in [0.15, 0.2) is 12.4 Å². The number of methoxy groups -OCH3 is 1. The monoisotopic (exact) mass is 531 g/mol. The third kappa shape index (κ3) is 4.55. The average Bonchev–Trinajstić information content (AvgIpc) is 3.05. The largest absolute Gasteiger partial charge is 0.497 e. The van der Waals surface area contributed by atoms with E-state index in [0.717, 1.165) is 0 Å². The Morgan fingerprint density at radius 3 is 1.97 bits per heavy atom. The summed E-state index contributed by atoms with van der Waals surface area (Å²) in [5, 5.41) is -0.854. The highest BCUT2D eigenvalue weighted by molar-refractivity contribution is 6.55. The molecular weight excluding hydrogens is 516 g/mol. The molecule has 0 unspecified atom stereocenters. The number of nitrogens with zero attached hydrogens (tertiary/aromatic N) is 1. The molecule has 0 saturated heterocycles. The predicted octanol–water partition coefficient (Wildman–Crippen LogP) is 5.36. The van der Waals surface area contributed by atoms with Crippen LogP contribution in [0.15, 0.2) is 24.3 Å². The molecule has 0 radical (unpaired) electrons. The number of Topliss-reactive ketones (excluding diaryl/α,β-unsaturated/α-hetero) is 1. The van der Waals surface area contributed by atoms with E-state index in [1.165, 1.54) is 13.2 Å². The van der Waals surface area contributed by atoms with E-state index < -0.39 is 42.1 Å². The standard InChI is InChI=1S/C22H17Cl4NO6/c1-9(2)19(22(31)33-8-12(28)10-5-4-6-11(7-10)32-3)27-20(29)13-14(21(27)30)16(24)18(26)17(25)15(13)23/h4-7,9,19H,8H2,1-3H3/t19-/m1/s1. The van der Waals surface area contributed by atoms with E-state index in [2.05, 4.69) is 0 Å². The van der Waals surface area contributed by atoms with E-state index in [-0.39, 0.29) is 36.8 Å². The van der Waals surface area contributed by atoms with E-state index in [9.17, 15) is 19.2 Å². The van der Waals surface area contributed by atoms with E-state index in [0.29, 0.717) is 10.6 Å². The van der Waals surface area contributed by atoms with E-state index in [4.69, 9.17) is 55.9 Å². The van der Waals surface area contributed by atoms with Crippen LogP contribution in [0.3, 0.4) is 0 Å². The number of ketones is 1. The maximum Gasteiger partial charge on any atom is 0.330 e. The minimum absolute atomic E-state index is 0.183. The summed E-state index contributed by atoms with van der Waals surface area (Å²) in [6.45, 7) is 2.63. The SMILES string of the molecule is COc1cccc(C(=O)COC(=O)[C@@H](C(C)C)N2C(=O)c3c(Cl)c(Cl)c(Cl)c(Cl)c3C2=O)c1. The highest BCUT2D eigenvalue weighted by Gasteiger charge is 2.48. The lowest BCUT2D eigenvalue weighted by Gasteiger charge is -2.27. The van der Waals surface area contributed by atoms with Crippen molar-refractivity contribution in [1.29, 1.82) is 0 Å². The molecule has 2 amide bonds. The Hall–Kier alpha value is -2.32. The van der Waals surface area contributed by atoms with Crippen molar-refractivity contribution in [2.75, 3.05) is 13.7 Å². The Morgan fingerprint density at radius 1 is 0.939 bits per heavy atom. The summed E-state index contributed by atoms with van der Waals surface area (Å²) in [5.41, 5.74) is -0.217. The van der Waals surface area contributed by atoms with Crippen LogP contribution in [0.4, 0.5) is 0 Å². The normalized spacial score (nSPS) is 13.9. The molecule has 174 valence electrons. The summed E-state index contributed by atoms with van der Waals surface area (Å²) < 4.78 is 10.3. The zero-order valence-corrected chi connectivity index (χ0v) is 20.6. The van der Waals surface area contributed by atoms with Gasteiger partial charge in [0.2, 0.25) is 0 Å². The van der Waals surface area contributed by atoms with Gasteiger partial charge in [-0.25, -0.2) is 4.79 Å². The Labute approximate surface area is 209 Å². The lowest BCUT2D eigenvalue weighted by Crippen LogP contribution is -2.49. The van der Waals surface area contributed by atoms with Gasteiger partial charge in [-0.3, -0.25) is 19.3 Å². The summed E-state index contributed by atoms with van der Waals surface area (Å²) in [6.07, 6.45) is 0. The minimum Gasteiger partial charge on any atom is -0.497 e. The molecule has 3 rings (SSSR count). The van der Waals surface area contributed by atoms with Crippen molar-refractivity contribution in [3.63, 3.8) is 0 Å². The quantitative estimate of drug-likeness (QED) is 0.157. The van der Waals surface area contributed by atoms with Crippen LogP contribution in [0.2, 0.25) is 20.1 Å². The number of fused-ring (bicyclic) bond motifs is 1. The molecule has 2 aromatic rings. The molecule has 0 spiro atoms. The molecule has 1 atom stereocenters. The van der Waals surface area contributed by atoms with Crippen molar-refractivity contribution in [2.45, 2.75) is 19.9 Å². The van der Waals surface area contributed by atoms with Crippen LogP contribution < -0.4 is 4.74 Å². The van der Waals surface area contributed by atoms with Crippen LogP contribution in [0.25, 0.3) is 0 Å². The fourth-order valence-corrected chi connectivity index (χ4v) is 4.41. The number of hydrogen-bond acceptors (Lipinski definition) is 6. The smallest absolute Gasteiger partial charge is 0.330 e. The molecule has 1 heterocycles. The minimum atomic E-state index is -1.35. The number of rotatable bonds is 7. The Kier molecular flexibility index (Phi) is 7.59. The van der Waals surface area contributed by atoms with Gasteiger partial charge in [-0.1, -0.05) is 72.4 Å². The van der Waals surface area contributed by atoms with Gasteiger partial charge in [0, 0.05) is 5.56 Å². The summed E-state index contributed by atoms with van der Waals surface area (Å²) >= 11 is 24.4. The molecule has 0 aromatic heterocycles. The summed E-state index contributed by atoms with van der Waals surface area (Å²) in [4.78, 5) is 52.3. The second kappa shape index (κ2) is 9.89. The number of halogens is 4. The second-order valence-corrected chi connectivity index (χ2v) is 8.95. The lowest BCUT2D eigenvalue weighted by molar-refractivity contribution is -0.148. The zero-order chi connectivity index (χ0) is 24.6. The number of imide groups is 1. The maximum absolute atomic E-state index is 13.1.